The zero-order valence-electron chi connectivity index (χ0n) is 12.1. The second-order valence-corrected chi connectivity index (χ2v) is 7.57. The van der Waals surface area contributed by atoms with Crippen LogP contribution in [0.1, 0.15) is 32.4 Å². The van der Waals surface area contributed by atoms with Gasteiger partial charge in [0.1, 0.15) is 15.8 Å². The summed E-state index contributed by atoms with van der Waals surface area (Å²) in [5.74, 6) is 1.30. The molecule has 0 radical (unpaired) electrons. The fourth-order valence-electron chi connectivity index (χ4n) is 2.47. The maximum Gasteiger partial charge on any atom is 0.149 e. The van der Waals surface area contributed by atoms with Crippen LogP contribution in [0.15, 0.2) is 5.38 Å². The minimum Gasteiger partial charge on any atom is -0.382 e. The first-order valence-corrected chi connectivity index (χ1v) is 8.59. The SMILES string of the molecule is Cc1csc(-c2c(N)nsc2NCC2(C(C)C)CC2)n1. The fraction of sp³-hybridized carbons (Fsp3) is 0.571. The molecule has 1 aliphatic carbocycles. The molecule has 2 heterocycles. The Hall–Kier alpha value is -1.14. The summed E-state index contributed by atoms with van der Waals surface area (Å²) in [5, 5.41) is 7.64. The quantitative estimate of drug-likeness (QED) is 0.876. The summed E-state index contributed by atoms with van der Waals surface area (Å²) in [6.45, 7) is 7.62. The van der Waals surface area contributed by atoms with Gasteiger partial charge in [0, 0.05) is 17.6 Å². The van der Waals surface area contributed by atoms with Gasteiger partial charge in [-0.15, -0.1) is 11.3 Å². The van der Waals surface area contributed by atoms with Crippen LogP contribution >= 0.6 is 22.9 Å². The Balaban J connectivity index is 1.81. The fourth-order valence-corrected chi connectivity index (χ4v) is 4.10. The Morgan fingerprint density at radius 3 is 2.75 bits per heavy atom. The zero-order valence-corrected chi connectivity index (χ0v) is 13.7. The van der Waals surface area contributed by atoms with Crippen LogP contribution in [-0.4, -0.2) is 15.9 Å². The second-order valence-electron chi connectivity index (χ2n) is 5.94. The van der Waals surface area contributed by atoms with E-state index in [1.54, 1.807) is 11.3 Å². The van der Waals surface area contributed by atoms with Gasteiger partial charge >= 0.3 is 0 Å². The van der Waals surface area contributed by atoms with Gasteiger partial charge < -0.3 is 11.1 Å². The number of rotatable bonds is 5. The number of nitrogen functional groups attached to an aromatic ring is 1. The Labute approximate surface area is 127 Å². The summed E-state index contributed by atoms with van der Waals surface area (Å²) >= 11 is 3.07. The molecule has 0 aromatic carbocycles. The average molecular weight is 308 g/mol. The predicted octanol–water partition coefficient (Wildman–Crippen LogP) is 4.01. The first-order chi connectivity index (χ1) is 9.52. The number of hydrogen-bond donors (Lipinski definition) is 2. The second kappa shape index (κ2) is 5.00. The van der Waals surface area contributed by atoms with Gasteiger partial charge in [0.25, 0.3) is 0 Å². The Morgan fingerprint density at radius 1 is 1.45 bits per heavy atom. The van der Waals surface area contributed by atoms with E-state index < -0.39 is 0 Å². The molecule has 1 saturated carbocycles. The zero-order chi connectivity index (χ0) is 14.3. The molecule has 0 spiro atoms. The number of nitrogens with zero attached hydrogens (tertiary/aromatic N) is 2. The summed E-state index contributed by atoms with van der Waals surface area (Å²) in [6, 6.07) is 0. The van der Waals surface area contributed by atoms with E-state index in [4.69, 9.17) is 5.73 Å². The lowest BCUT2D eigenvalue weighted by Crippen LogP contribution is -2.20. The van der Waals surface area contributed by atoms with Crippen LogP contribution < -0.4 is 11.1 Å². The molecule has 0 amide bonds. The average Bonchev–Trinajstić information content (AvgIpc) is 2.96. The third-order valence-corrected chi connectivity index (χ3v) is 6.07. The maximum absolute atomic E-state index is 6.02. The molecule has 1 fully saturated rings. The van der Waals surface area contributed by atoms with Gasteiger partial charge in [-0.25, -0.2) is 4.98 Å². The third-order valence-electron chi connectivity index (χ3n) is 4.27. The topological polar surface area (TPSA) is 63.8 Å². The molecule has 3 rings (SSSR count). The number of aryl methyl sites for hydroxylation is 1. The maximum atomic E-state index is 6.02. The highest BCUT2D eigenvalue weighted by atomic mass is 32.1. The number of anilines is 2. The summed E-state index contributed by atoms with van der Waals surface area (Å²) in [6.07, 6.45) is 2.63. The number of thiazole rings is 1. The van der Waals surface area contributed by atoms with Gasteiger partial charge in [0.05, 0.1) is 5.56 Å². The van der Waals surface area contributed by atoms with E-state index in [0.717, 1.165) is 27.8 Å². The molecule has 0 atom stereocenters. The van der Waals surface area contributed by atoms with Gasteiger partial charge in [-0.05, 0) is 42.6 Å². The molecule has 108 valence electrons. The van der Waals surface area contributed by atoms with Gasteiger partial charge in [0.2, 0.25) is 0 Å². The van der Waals surface area contributed by atoms with Crippen LogP contribution in [0, 0.1) is 18.3 Å². The smallest absolute Gasteiger partial charge is 0.149 e. The van der Waals surface area contributed by atoms with E-state index in [9.17, 15) is 0 Å². The van der Waals surface area contributed by atoms with Gasteiger partial charge in [-0.3, -0.25) is 0 Å². The van der Waals surface area contributed by atoms with E-state index >= 15 is 0 Å². The Morgan fingerprint density at radius 2 is 2.20 bits per heavy atom. The normalized spacial score (nSPS) is 16.6. The molecule has 0 bridgehead atoms. The van der Waals surface area contributed by atoms with Crippen LogP contribution in [-0.2, 0) is 0 Å². The molecule has 20 heavy (non-hydrogen) atoms. The van der Waals surface area contributed by atoms with Crippen molar-refractivity contribution in [1.29, 1.82) is 0 Å². The van der Waals surface area contributed by atoms with E-state index in [-0.39, 0.29) is 0 Å². The predicted molar refractivity (Wildman–Crippen MR) is 87.4 cm³/mol. The van der Waals surface area contributed by atoms with Crippen LogP contribution in [0.5, 0.6) is 0 Å². The van der Waals surface area contributed by atoms with E-state index in [1.807, 2.05) is 12.3 Å². The number of nitrogens with one attached hydrogen (secondary N) is 1. The molecule has 0 aliphatic heterocycles. The first-order valence-electron chi connectivity index (χ1n) is 6.93. The minimum atomic E-state index is 0.467. The van der Waals surface area contributed by atoms with Crippen molar-refractivity contribution >= 4 is 33.7 Å². The summed E-state index contributed by atoms with van der Waals surface area (Å²) in [7, 11) is 0. The highest BCUT2D eigenvalue weighted by Crippen LogP contribution is 2.52. The van der Waals surface area contributed by atoms with Gasteiger partial charge in [-0.1, -0.05) is 13.8 Å². The van der Waals surface area contributed by atoms with Crippen molar-refractivity contribution in [3.05, 3.63) is 11.1 Å². The first kappa shape index (κ1) is 13.8. The highest BCUT2D eigenvalue weighted by Gasteiger charge is 2.45. The van der Waals surface area contributed by atoms with Crippen molar-refractivity contribution < 1.29 is 0 Å². The molecule has 0 saturated heterocycles. The molecule has 3 N–H and O–H groups in total. The molecule has 6 heteroatoms. The van der Waals surface area contributed by atoms with E-state index in [1.165, 1.54) is 24.4 Å². The molecule has 1 aliphatic rings. The van der Waals surface area contributed by atoms with Crippen LogP contribution in [0.3, 0.4) is 0 Å². The van der Waals surface area contributed by atoms with Crippen molar-refractivity contribution in [3.8, 4) is 10.6 Å². The van der Waals surface area contributed by atoms with Crippen molar-refractivity contribution in [2.24, 2.45) is 11.3 Å². The molecule has 0 unspecified atom stereocenters. The lowest BCUT2D eigenvalue weighted by atomic mass is 9.92. The van der Waals surface area contributed by atoms with Crippen molar-refractivity contribution in [3.63, 3.8) is 0 Å². The van der Waals surface area contributed by atoms with Crippen molar-refractivity contribution in [2.45, 2.75) is 33.6 Å². The summed E-state index contributed by atoms with van der Waals surface area (Å²) < 4.78 is 4.29. The lowest BCUT2D eigenvalue weighted by Gasteiger charge is -2.20. The van der Waals surface area contributed by atoms with Crippen LogP contribution in [0.4, 0.5) is 10.8 Å². The molecular formula is C14H20N4S2. The molecule has 4 nitrogen and oxygen atoms in total. The largest absolute Gasteiger partial charge is 0.382 e. The number of hydrogen-bond acceptors (Lipinski definition) is 6. The standard InChI is InChI=1S/C14H20N4S2/c1-8(2)14(4-5-14)7-16-12-10(11(15)18-20-12)13-17-9(3)6-19-13/h6,8,16H,4-5,7H2,1-3H3,(H2,15,18). The van der Waals surface area contributed by atoms with Crippen molar-refractivity contribution in [1.82, 2.24) is 9.36 Å². The van der Waals surface area contributed by atoms with Crippen LogP contribution in [0.2, 0.25) is 0 Å². The summed E-state index contributed by atoms with van der Waals surface area (Å²) in [4.78, 5) is 4.53. The van der Waals surface area contributed by atoms with Gasteiger partial charge in [-0.2, -0.15) is 4.37 Å². The molecular weight excluding hydrogens is 288 g/mol. The van der Waals surface area contributed by atoms with Crippen molar-refractivity contribution in [2.75, 3.05) is 17.6 Å². The van der Waals surface area contributed by atoms with E-state index in [2.05, 4.69) is 28.5 Å². The summed E-state index contributed by atoms with van der Waals surface area (Å²) in [5.41, 5.74) is 8.50. The number of nitrogens with two attached hydrogens (primary N) is 1. The monoisotopic (exact) mass is 308 g/mol. The number of aromatic nitrogens is 2. The highest BCUT2D eigenvalue weighted by molar-refractivity contribution is 7.15. The lowest BCUT2D eigenvalue weighted by molar-refractivity contribution is 0.380. The van der Waals surface area contributed by atoms with E-state index in [0.29, 0.717) is 17.2 Å². The Kier molecular flexibility index (Phi) is 3.46. The third kappa shape index (κ3) is 2.42. The van der Waals surface area contributed by atoms with Gasteiger partial charge in [0.15, 0.2) is 0 Å². The molecule has 2 aromatic heterocycles. The molecule has 2 aromatic rings. The van der Waals surface area contributed by atoms with Crippen LogP contribution in [0.25, 0.3) is 10.6 Å². The minimum absolute atomic E-state index is 0.467. The Bertz CT molecular complexity index is 610.